The highest BCUT2D eigenvalue weighted by Gasteiger charge is 2.09. The SMILES string of the molecule is CCC(N)CSc1nc2cc(C)ccc2n1C. The van der Waals surface area contributed by atoms with Crippen LogP contribution in [0, 0.1) is 6.92 Å². The predicted molar refractivity (Wildman–Crippen MR) is 74.4 cm³/mol. The highest BCUT2D eigenvalue weighted by atomic mass is 32.2. The molecule has 17 heavy (non-hydrogen) atoms. The van der Waals surface area contributed by atoms with Gasteiger partial charge in [0.25, 0.3) is 0 Å². The van der Waals surface area contributed by atoms with Gasteiger partial charge < -0.3 is 10.3 Å². The first-order chi connectivity index (χ1) is 8.11. The van der Waals surface area contributed by atoms with Gasteiger partial charge in [-0.3, -0.25) is 0 Å². The highest BCUT2D eigenvalue weighted by molar-refractivity contribution is 7.99. The molecule has 1 unspecified atom stereocenters. The molecule has 1 aromatic carbocycles. The molecule has 1 atom stereocenters. The zero-order valence-corrected chi connectivity index (χ0v) is 11.4. The van der Waals surface area contributed by atoms with E-state index >= 15 is 0 Å². The molecule has 1 aromatic heterocycles. The van der Waals surface area contributed by atoms with Crippen molar-refractivity contribution >= 4 is 22.8 Å². The van der Waals surface area contributed by atoms with E-state index < -0.39 is 0 Å². The lowest BCUT2D eigenvalue weighted by molar-refractivity contribution is 0.720. The zero-order valence-electron chi connectivity index (χ0n) is 10.6. The van der Waals surface area contributed by atoms with E-state index in [1.807, 2.05) is 0 Å². The van der Waals surface area contributed by atoms with Gasteiger partial charge in [0.1, 0.15) is 0 Å². The lowest BCUT2D eigenvalue weighted by Crippen LogP contribution is -2.21. The molecule has 4 heteroatoms. The maximum Gasteiger partial charge on any atom is 0.168 e. The number of hydrogen-bond donors (Lipinski definition) is 1. The molecule has 1 heterocycles. The molecule has 0 aliphatic heterocycles. The minimum atomic E-state index is 0.251. The first-order valence-corrected chi connectivity index (χ1v) is 6.92. The molecule has 0 amide bonds. The smallest absolute Gasteiger partial charge is 0.168 e. The van der Waals surface area contributed by atoms with Crippen LogP contribution in [-0.4, -0.2) is 21.3 Å². The molecule has 0 bridgehead atoms. The third-order valence-corrected chi connectivity index (χ3v) is 4.16. The van der Waals surface area contributed by atoms with E-state index in [0.29, 0.717) is 0 Å². The van der Waals surface area contributed by atoms with Gasteiger partial charge in [0.05, 0.1) is 11.0 Å². The average Bonchev–Trinajstić information content (AvgIpc) is 2.62. The van der Waals surface area contributed by atoms with E-state index in [0.717, 1.165) is 22.8 Å². The molecule has 3 nitrogen and oxygen atoms in total. The number of aryl methyl sites for hydroxylation is 2. The van der Waals surface area contributed by atoms with Gasteiger partial charge in [0, 0.05) is 18.8 Å². The second kappa shape index (κ2) is 5.10. The van der Waals surface area contributed by atoms with E-state index in [1.54, 1.807) is 11.8 Å². The highest BCUT2D eigenvalue weighted by Crippen LogP contribution is 2.24. The fourth-order valence-corrected chi connectivity index (χ4v) is 2.77. The van der Waals surface area contributed by atoms with Gasteiger partial charge in [-0.05, 0) is 31.0 Å². The number of fused-ring (bicyclic) bond motifs is 1. The Hall–Kier alpha value is -1.00. The van der Waals surface area contributed by atoms with Crippen molar-refractivity contribution in [1.29, 1.82) is 0 Å². The molecule has 0 spiro atoms. The summed E-state index contributed by atoms with van der Waals surface area (Å²) >= 11 is 1.74. The Morgan fingerprint density at radius 1 is 1.47 bits per heavy atom. The zero-order chi connectivity index (χ0) is 12.4. The van der Waals surface area contributed by atoms with Gasteiger partial charge in [-0.1, -0.05) is 24.8 Å². The molecular formula is C13H19N3S. The summed E-state index contributed by atoms with van der Waals surface area (Å²) in [7, 11) is 2.06. The van der Waals surface area contributed by atoms with Crippen molar-refractivity contribution in [2.24, 2.45) is 12.8 Å². The third-order valence-electron chi connectivity index (χ3n) is 2.95. The van der Waals surface area contributed by atoms with Crippen LogP contribution in [0.4, 0.5) is 0 Å². The first kappa shape index (κ1) is 12.5. The molecule has 92 valence electrons. The van der Waals surface area contributed by atoms with Crippen LogP contribution in [0.2, 0.25) is 0 Å². The third kappa shape index (κ3) is 2.64. The van der Waals surface area contributed by atoms with Crippen LogP contribution >= 0.6 is 11.8 Å². The number of rotatable bonds is 4. The van der Waals surface area contributed by atoms with Crippen LogP contribution in [0.3, 0.4) is 0 Å². The number of nitrogens with two attached hydrogens (primary N) is 1. The molecule has 2 N–H and O–H groups in total. The summed E-state index contributed by atoms with van der Waals surface area (Å²) < 4.78 is 2.14. The van der Waals surface area contributed by atoms with Crippen molar-refractivity contribution in [3.05, 3.63) is 23.8 Å². The van der Waals surface area contributed by atoms with E-state index in [4.69, 9.17) is 5.73 Å². The maximum atomic E-state index is 5.93. The van der Waals surface area contributed by atoms with Crippen LogP contribution in [0.15, 0.2) is 23.4 Å². The molecule has 0 radical (unpaired) electrons. The number of imidazole rings is 1. The van der Waals surface area contributed by atoms with Crippen LogP contribution < -0.4 is 5.73 Å². The molecule has 2 rings (SSSR count). The van der Waals surface area contributed by atoms with Crippen molar-refractivity contribution in [3.8, 4) is 0 Å². The molecule has 2 aromatic rings. The molecule has 0 saturated carbocycles. The average molecular weight is 249 g/mol. The van der Waals surface area contributed by atoms with Gasteiger partial charge >= 0.3 is 0 Å². The van der Waals surface area contributed by atoms with Crippen molar-refractivity contribution in [2.75, 3.05) is 5.75 Å². The number of hydrogen-bond acceptors (Lipinski definition) is 3. The second-order valence-corrected chi connectivity index (χ2v) is 5.41. The topological polar surface area (TPSA) is 43.8 Å². The Kier molecular flexibility index (Phi) is 3.74. The number of aromatic nitrogens is 2. The molecule has 0 aliphatic rings. The fraction of sp³-hybridized carbons (Fsp3) is 0.462. The van der Waals surface area contributed by atoms with E-state index in [2.05, 4.69) is 48.6 Å². The lowest BCUT2D eigenvalue weighted by Gasteiger charge is -2.07. The van der Waals surface area contributed by atoms with Crippen LogP contribution in [0.5, 0.6) is 0 Å². The quantitative estimate of drug-likeness (QED) is 0.847. The van der Waals surface area contributed by atoms with Gasteiger partial charge in [-0.25, -0.2) is 4.98 Å². The Morgan fingerprint density at radius 3 is 2.94 bits per heavy atom. The first-order valence-electron chi connectivity index (χ1n) is 5.93. The summed E-state index contributed by atoms with van der Waals surface area (Å²) in [5.74, 6) is 0.923. The minimum absolute atomic E-state index is 0.251. The van der Waals surface area contributed by atoms with E-state index in [1.165, 1.54) is 11.1 Å². The summed E-state index contributed by atoms with van der Waals surface area (Å²) in [6, 6.07) is 6.62. The summed E-state index contributed by atoms with van der Waals surface area (Å²) in [5, 5.41) is 1.05. The number of nitrogens with zero attached hydrogens (tertiary/aromatic N) is 2. The van der Waals surface area contributed by atoms with Gasteiger partial charge in [-0.15, -0.1) is 0 Å². The Labute approximate surface area is 106 Å². The van der Waals surface area contributed by atoms with E-state index in [9.17, 15) is 0 Å². The summed E-state index contributed by atoms with van der Waals surface area (Å²) in [4.78, 5) is 4.65. The molecular weight excluding hydrogens is 230 g/mol. The normalized spacial score (nSPS) is 13.2. The van der Waals surface area contributed by atoms with Crippen molar-refractivity contribution < 1.29 is 0 Å². The molecule has 0 saturated heterocycles. The standard InChI is InChI=1S/C13H19N3S/c1-4-10(14)8-17-13-15-11-7-9(2)5-6-12(11)16(13)3/h5-7,10H,4,8,14H2,1-3H3. The van der Waals surface area contributed by atoms with Gasteiger partial charge in [0.2, 0.25) is 0 Å². The second-order valence-electron chi connectivity index (χ2n) is 4.42. The number of benzene rings is 1. The monoisotopic (exact) mass is 249 g/mol. The summed E-state index contributed by atoms with van der Waals surface area (Å²) in [5.41, 5.74) is 9.43. The molecule has 0 fully saturated rings. The van der Waals surface area contributed by atoms with Gasteiger partial charge in [-0.2, -0.15) is 0 Å². The van der Waals surface area contributed by atoms with E-state index in [-0.39, 0.29) is 6.04 Å². The Bertz CT molecular complexity index is 519. The van der Waals surface area contributed by atoms with Crippen LogP contribution in [-0.2, 0) is 7.05 Å². The van der Waals surface area contributed by atoms with Crippen molar-refractivity contribution in [3.63, 3.8) is 0 Å². The van der Waals surface area contributed by atoms with Gasteiger partial charge in [0.15, 0.2) is 5.16 Å². The lowest BCUT2D eigenvalue weighted by atomic mass is 10.2. The summed E-state index contributed by atoms with van der Waals surface area (Å²) in [6.07, 6.45) is 1.01. The Balaban J connectivity index is 2.26. The largest absolute Gasteiger partial charge is 0.327 e. The summed E-state index contributed by atoms with van der Waals surface area (Å²) in [6.45, 7) is 4.21. The van der Waals surface area contributed by atoms with Crippen molar-refractivity contribution in [2.45, 2.75) is 31.5 Å². The predicted octanol–water partition coefficient (Wildman–Crippen LogP) is 2.71. The minimum Gasteiger partial charge on any atom is -0.327 e. The fourth-order valence-electron chi connectivity index (χ4n) is 1.72. The molecule has 0 aliphatic carbocycles. The van der Waals surface area contributed by atoms with Crippen molar-refractivity contribution in [1.82, 2.24) is 9.55 Å². The Morgan fingerprint density at radius 2 is 2.24 bits per heavy atom. The van der Waals surface area contributed by atoms with Crippen LogP contribution in [0.25, 0.3) is 11.0 Å². The maximum absolute atomic E-state index is 5.93. The van der Waals surface area contributed by atoms with Crippen LogP contribution in [0.1, 0.15) is 18.9 Å². The number of thioether (sulfide) groups is 1.